The Bertz CT molecular complexity index is 1600. The highest BCUT2D eigenvalue weighted by molar-refractivity contribution is 5.84. The smallest absolute Gasteiger partial charge is 0.484 e. The Kier molecular flexibility index (Phi) is 7.36. The van der Waals surface area contributed by atoms with Crippen LogP contribution in [0.5, 0.6) is 17.2 Å². The molecule has 0 radical (unpaired) electrons. The number of hydrogen-bond acceptors (Lipinski definition) is 7. The van der Waals surface area contributed by atoms with Gasteiger partial charge < -0.3 is 24.2 Å². The summed E-state index contributed by atoms with van der Waals surface area (Å²) in [6.07, 6.45) is -5.35. The predicted molar refractivity (Wildman–Crippen MR) is 141 cm³/mol. The van der Waals surface area contributed by atoms with Crippen molar-refractivity contribution in [3.8, 4) is 22.9 Å². The van der Waals surface area contributed by atoms with E-state index in [0.717, 1.165) is 4.68 Å². The van der Waals surface area contributed by atoms with Gasteiger partial charge in [-0.3, -0.25) is 14.6 Å². The molecule has 2 aromatic heterocycles. The lowest BCUT2D eigenvalue weighted by molar-refractivity contribution is -0.286. The SMILES string of the molecule is C[C@H](Oc1cncc(-n2nc(C(F)(F)F)c3c2[C@H](C(=O)N2CCC(C(=O)O)CC2)CCC3)c1)c1ccc2c(c1)OC(F)(F)O2. The van der Waals surface area contributed by atoms with E-state index in [2.05, 4.69) is 19.6 Å². The Morgan fingerprint density at radius 1 is 1.09 bits per heavy atom. The number of aliphatic carboxylic acids is 1. The third-order valence-electron chi connectivity index (χ3n) is 8.15. The van der Waals surface area contributed by atoms with Gasteiger partial charge in [-0.25, -0.2) is 4.68 Å². The summed E-state index contributed by atoms with van der Waals surface area (Å²) in [5.74, 6) is -2.93. The molecule has 2 atom stereocenters. The van der Waals surface area contributed by atoms with E-state index >= 15 is 0 Å². The van der Waals surface area contributed by atoms with E-state index < -0.39 is 42.1 Å². The van der Waals surface area contributed by atoms with Crippen molar-refractivity contribution >= 4 is 11.9 Å². The molecular formula is C29H27F5N4O6. The van der Waals surface area contributed by atoms with E-state index in [1.165, 1.54) is 41.6 Å². The van der Waals surface area contributed by atoms with Crippen molar-refractivity contribution in [1.82, 2.24) is 19.7 Å². The third kappa shape index (κ3) is 5.62. The normalized spacial score (nSPS) is 20.2. The van der Waals surface area contributed by atoms with E-state index in [9.17, 15) is 36.6 Å². The number of aromatic nitrogens is 3. The molecule has 44 heavy (non-hydrogen) atoms. The van der Waals surface area contributed by atoms with Crippen LogP contribution in [-0.4, -0.2) is 56.0 Å². The number of fused-ring (bicyclic) bond motifs is 2. The number of amides is 1. The first-order valence-corrected chi connectivity index (χ1v) is 14.0. The first kappa shape index (κ1) is 29.6. The van der Waals surface area contributed by atoms with E-state index in [0.29, 0.717) is 18.4 Å². The monoisotopic (exact) mass is 622 g/mol. The molecule has 1 amide bonds. The van der Waals surface area contributed by atoms with Crippen LogP contribution in [0.15, 0.2) is 36.7 Å². The number of halogens is 5. The Morgan fingerprint density at radius 3 is 2.52 bits per heavy atom. The summed E-state index contributed by atoms with van der Waals surface area (Å²) in [4.78, 5) is 30.7. The number of likely N-dealkylation sites (tertiary alicyclic amines) is 1. The maximum Gasteiger partial charge on any atom is 0.586 e. The predicted octanol–water partition coefficient (Wildman–Crippen LogP) is 5.49. The van der Waals surface area contributed by atoms with E-state index in [-0.39, 0.29) is 72.5 Å². The zero-order chi connectivity index (χ0) is 31.4. The number of carbonyl (C=O) groups is 2. The molecule has 1 N–H and O–H groups in total. The molecule has 0 bridgehead atoms. The largest absolute Gasteiger partial charge is 0.586 e. The number of pyridine rings is 1. The van der Waals surface area contributed by atoms with Crippen molar-refractivity contribution in [1.29, 1.82) is 0 Å². The third-order valence-corrected chi connectivity index (χ3v) is 8.15. The molecule has 1 aliphatic carbocycles. The van der Waals surface area contributed by atoms with Gasteiger partial charge in [0.1, 0.15) is 11.9 Å². The van der Waals surface area contributed by atoms with Gasteiger partial charge >= 0.3 is 18.4 Å². The lowest BCUT2D eigenvalue weighted by Crippen LogP contribution is -2.43. The Hall–Kier alpha value is -4.43. The van der Waals surface area contributed by atoms with Gasteiger partial charge in [-0.15, -0.1) is 8.78 Å². The van der Waals surface area contributed by atoms with E-state index in [4.69, 9.17) is 4.74 Å². The number of piperidine rings is 1. The van der Waals surface area contributed by atoms with Crippen LogP contribution in [0.2, 0.25) is 0 Å². The van der Waals surface area contributed by atoms with Crippen molar-refractivity contribution in [3.05, 3.63) is 59.2 Å². The van der Waals surface area contributed by atoms with Gasteiger partial charge in [0, 0.05) is 24.7 Å². The van der Waals surface area contributed by atoms with Gasteiger partial charge in [0.05, 0.1) is 35.6 Å². The van der Waals surface area contributed by atoms with Crippen molar-refractivity contribution in [3.63, 3.8) is 0 Å². The number of carbonyl (C=O) groups excluding carboxylic acids is 1. The first-order valence-electron chi connectivity index (χ1n) is 14.0. The molecule has 10 nitrogen and oxygen atoms in total. The van der Waals surface area contributed by atoms with Crippen molar-refractivity contribution in [2.75, 3.05) is 13.1 Å². The molecule has 2 aliphatic heterocycles. The van der Waals surface area contributed by atoms with Crippen LogP contribution in [0.1, 0.15) is 67.1 Å². The van der Waals surface area contributed by atoms with E-state index in [1.807, 2.05) is 0 Å². The lowest BCUT2D eigenvalue weighted by Gasteiger charge is -2.34. The quantitative estimate of drug-likeness (QED) is 0.359. The highest BCUT2D eigenvalue weighted by atomic mass is 19.4. The Morgan fingerprint density at radius 2 is 1.82 bits per heavy atom. The zero-order valence-electron chi connectivity index (χ0n) is 23.3. The summed E-state index contributed by atoms with van der Waals surface area (Å²) in [5, 5.41) is 13.2. The summed E-state index contributed by atoms with van der Waals surface area (Å²) in [7, 11) is 0. The molecule has 3 aromatic rings. The number of alkyl halides is 5. The second-order valence-corrected chi connectivity index (χ2v) is 11.0. The first-order chi connectivity index (χ1) is 20.8. The van der Waals surface area contributed by atoms with Crippen molar-refractivity contribution < 1.29 is 50.9 Å². The minimum atomic E-state index is -4.77. The molecule has 6 rings (SSSR count). The number of carboxylic acids is 1. The average molecular weight is 623 g/mol. The minimum Gasteiger partial charge on any atom is -0.484 e. The van der Waals surface area contributed by atoms with Crippen LogP contribution >= 0.6 is 0 Å². The number of hydrogen-bond donors (Lipinski definition) is 1. The molecule has 0 spiro atoms. The van der Waals surface area contributed by atoms with E-state index in [1.54, 1.807) is 6.92 Å². The molecule has 3 aliphatic rings. The summed E-state index contributed by atoms with van der Waals surface area (Å²) < 4.78 is 85.3. The Balaban J connectivity index is 1.30. The van der Waals surface area contributed by atoms with Crippen LogP contribution in [0.4, 0.5) is 22.0 Å². The minimum absolute atomic E-state index is 0.0561. The number of ether oxygens (including phenoxy) is 3. The maximum absolute atomic E-state index is 14.2. The van der Waals surface area contributed by atoms with Crippen LogP contribution in [-0.2, 0) is 22.2 Å². The summed E-state index contributed by atoms with van der Waals surface area (Å²) in [6, 6.07) is 5.61. The molecule has 0 saturated carbocycles. The second kappa shape index (κ2) is 10.9. The maximum atomic E-state index is 14.2. The Labute approximate surface area is 247 Å². The molecule has 234 valence electrons. The topological polar surface area (TPSA) is 116 Å². The molecular weight excluding hydrogens is 595 g/mol. The lowest BCUT2D eigenvalue weighted by atomic mass is 9.84. The molecule has 0 unspecified atom stereocenters. The molecule has 15 heteroatoms. The number of nitrogens with zero attached hydrogens (tertiary/aromatic N) is 4. The zero-order valence-corrected chi connectivity index (χ0v) is 23.3. The van der Waals surface area contributed by atoms with Crippen molar-refractivity contribution in [2.24, 2.45) is 5.92 Å². The van der Waals surface area contributed by atoms with Gasteiger partial charge in [0.25, 0.3) is 0 Å². The van der Waals surface area contributed by atoms with Gasteiger partial charge in [0.15, 0.2) is 17.2 Å². The summed E-state index contributed by atoms with van der Waals surface area (Å²) in [6.45, 7) is 2.03. The van der Waals surface area contributed by atoms with Crippen molar-refractivity contribution in [2.45, 2.75) is 63.5 Å². The summed E-state index contributed by atoms with van der Waals surface area (Å²) >= 11 is 0. The van der Waals surface area contributed by atoms with Crippen LogP contribution < -0.4 is 14.2 Å². The van der Waals surface area contributed by atoms with Crippen LogP contribution in [0, 0.1) is 5.92 Å². The number of benzene rings is 1. The molecule has 1 saturated heterocycles. The fraction of sp³-hybridized carbons (Fsp3) is 0.448. The van der Waals surface area contributed by atoms with Gasteiger partial charge in [-0.2, -0.15) is 18.3 Å². The summed E-state index contributed by atoms with van der Waals surface area (Å²) in [5.41, 5.74) is -0.414. The van der Waals surface area contributed by atoms with Gasteiger partial charge in [-0.05, 0) is 56.7 Å². The molecule has 4 heterocycles. The van der Waals surface area contributed by atoms with Gasteiger partial charge in [0.2, 0.25) is 5.91 Å². The fourth-order valence-electron chi connectivity index (χ4n) is 6.00. The standard InChI is InChI=1S/C29H27F5N4O6/c1-15(17-5-6-22-23(11-17)44-29(33,34)43-22)42-19-12-18(13-35-14-19)38-24-20(25(36-38)28(30,31)32)3-2-4-21(24)26(39)37-9-7-16(8-10-37)27(40)41/h5-6,11-16,21H,2-4,7-10H2,1H3,(H,40,41)/t15-,21+/m0/s1. The molecule has 1 aromatic carbocycles. The molecule has 1 fully saturated rings. The highest BCUT2D eigenvalue weighted by Crippen LogP contribution is 2.44. The van der Waals surface area contributed by atoms with Crippen LogP contribution in [0.25, 0.3) is 5.69 Å². The van der Waals surface area contributed by atoms with Crippen LogP contribution in [0.3, 0.4) is 0 Å². The second-order valence-electron chi connectivity index (χ2n) is 11.0. The fourth-order valence-corrected chi connectivity index (χ4v) is 6.00. The average Bonchev–Trinajstić information content (AvgIpc) is 3.53. The van der Waals surface area contributed by atoms with Gasteiger partial charge in [-0.1, -0.05) is 6.07 Å². The highest BCUT2D eigenvalue weighted by Gasteiger charge is 2.45. The number of carboxylic acid groups (broad SMARTS) is 1. The number of rotatable bonds is 6.